The fourth-order valence-corrected chi connectivity index (χ4v) is 2.85. The van der Waals surface area contributed by atoms with Crippen LogP contribution in [0.15, 0.2) is 84.2 Å². The number of aromatic nitrogens is 2. The van der Waals surface area contributed by atoms with Gasteiger partial charge in [-0.25, -0.2) is 14.4 Å². The molecule has 0 fully saturated rings. The molecule has 0 N–H and O–H groups in total. The predicted molar refractivity (Wildman–Crippen MR) is 123 cm³/mol. The Morgan fingerprint density at radius 2 is 1.79 bits per heavy atom. The Balaban J connectivity index is 1.81. The summed E-state index contributed by atoms with van der Waals surface area (Å²) < 4.78 is 26.0. The first-order valence-corrected chi connectivity index (χ1v) is 9.86. The largest absolute Gasteiger partial charge is 0.452 e. The lowest BCUT2D eigenvalue weighted by Gasteiger charge is -2.11. The number of azide groups is 1. The van der Waals surface area contributed by atoms with Crippen molar-refractivity contribution < 1.29 is 13.9 Å². The molecule has 1 aromatic heterocycles. The summed E-state index contributed by atoms with van der Waals surface area (Å²) in [6.45, 7) is 1.80. The third-order valence-corrected chi connectivity index (χ3v) is 4.34. The van der Waals surface area contributed by atoms with Crippen molar-refractivity contribution in [2.75, 3.05) is 0 Å². The van der Waals surface area contributed by atoms with Gasteiger partial charge in [-0.1, -0.05) is 47.4 Å². The van der Waals surface area contributed by atoms with Gasteiger partial charge in [-0.15, -0.1) is 0 Å². The number of ether oxygens (including phenoxy) is 2. The summed E-state index contributed by atoms with van der Waals surface area (Å²) in [4.78, 5) is 11.7. The third-order valence-electron chi connectivity index (χ3n) is 4.34. The molecule has 0 aliphatic rings. The second-order valence-electron chi connectivity index (χ2n) is 6.61. The zero-order valence-corrected chi connectivity index (χ0v) is 17.4. The molecule has 33 heavy (non-hydrogen) atoms. The van der Waals surface area contributed by atoms with Crippen LogP contribution in [0.3, 0.4) is 0 Å². The monoisotopic (exact) mass is 437 g/mol. The van der Waals surface area contributed by atoms with Crippen molar-refractivity contribution in [2.45, 2.75) is 6.92 Å². The SMILES string of the molecule is CC=COc1nc2ccc(F)c(Oc3ccccc3)c2nc1C#Cc1ccc(N=[N+]=[N-])cc1. The molecular formula is C25H16FN5O2. The number of allylic oxidation sites excluding steroid dienone is 1. The van der Waals surface area contributed by atoms with E-state index in [-0.39, 0.29) is 22.8 Å². The minimum Gasteiger partial charge on any atom is -0.452 e. The van der Waals surface area contributed by atoms with Crippen molar-refractivity contribution >= 4 is 16.7 Å². The minimum atomic E-state index is -0.574. The molecule has 7 nitrogen and oxygen atoms in total. The van der Waals surface area contributed by atoms with E-state index in [0.29, 0.717) is 22.5 Å². The van der Waals surface area contributed by atoms with Crippen LogP contribution in [0.4, 0.5) is 10.1 Å². The van der Waals surface area contributed by atoms with Crippen LogP contribution in [-0.4, -0.2) is 9.97 Å². The van der Waals surface area contributed by atoms with Crippen molar-refractivity contribution in [2.24, 2.45) is 5.11 Å². The van der Waals surface area contributed by atoms with Crippen LogP contribution in [0.25, 0.3) is 21.5 Å². The van der Waals surface area contributed by atoms with Crippen molar-refractivity contribution in [1.29, 1.82) is 0 Å². The summed E-state index contributed by atoms with van der Waals surface area (Å²) >= 11 is 0. The van der Waals surface area contributed by atoms with Gasteiger partial charge in [-0.3, -0.25) is 0 Å². The van der Waals surface area contributed by atoms with Crippen LogP contribution in [0.1, 0.15) is 18.2 Å². The quantitative estimate of drug-likeness (QED) is 0.113. The van der Waals surface area contributed by atoms with Crippen LogP contribution in [0, 0.1) is 17.7 Å². The van der Waals surface area contributed by atoms with Gasteiger partial charge in [0.25, 0.3) is 5.88 Å². The first-order valence-electron chi connectivity index (χ1n) is 9.86. The van der Waals surface area contributed by atoms with E-state index in [4.69, 9.17) is 15.0 Å². The van der Waals surface area contributed by atoms with E-state index < -0.39 is 5.82 Å². The Labute approximate surface area is 188 Å². The summed E-state index contributed by atoms with van der Waals surface area (Å²) in [5, 5.41) is 3.53. The summed E-state index contributed by atoms with van der Waals surface area (Å²) in [6.07, 6.45) is 3.16. The van der Waals surface area contributed by atoms with Gasteiger partial charge >= 0.3 is 0 Å². The lowest BCUT2D eigenvalue weighted by Crippen LogP contribution is -1.99. The van der Waals surface area contributed by atoms with Gasteiger partial charge in [0.15, 0.2) is 17.3 Å². The second kappa shape index (κ2) is 9.96. The molecular weight excluding hydrogens is 421 g/mol. The number of para-hydroxylation sites is 1. The van der Waals surface area contributed by atoms with Crippen LogP contribution in [0.5, 0.6) is 17.4 Å². The van der Waals surface area contributed by atoms with Gasteiger partial charge in [0.2, 0.25) is 0 Å². The lowest BCUT2D eigenvalue weighted by atomic mass is 10.2. The first kappa shape index (κ1) is 21.4. The minimum absolute atomic E-state index is 0.0504. The summed E-state index contributed by atoms with van der Waals surface area (Å²) in [5.74, 6) is 5.92. The maximum Gasteiger partial charge on any atom is 0.254 e. The van der Waals surface area contributed by atoms with E-state index in [1.54, 1.807) is 61.5 Å². The Bertz CT molecular complexity index is 1440. The van der Waals surface area contributed by atoms with Gasteiger partial charge in [-0.2, -0.15) is 0 Å². The van der Waals surface area contributed by atoms with Crippen molar-refractivity contribution in [3.8, 4) is 29.2 Å². The van der Waals surface area contributed by atoms with Crippen LogP contribution in [0.2, 0.25) is 0 Å². The van der Waals surface area contributed by atoms with Gasteiger partial charge in [0, 0.05) is 16.2 Å². The standard InChI is InChI=1S/C25H16FN5O2/c1-2-16-32-25-22(14-10-17-8-11-18(12-9-17)30-31-27)28-23-21(29-25)15-13-20(26)24(23)33-19-6-4-3-5-7-19/h2-9,11-13,15-16H,1H3. The number of rotatable bonds is 5. The molecule has 0 unspecified atom stereocenters. The van der Waals surface area contributed by atoms with E-state index in [1.807, 2.05) is 6.07 Å². The van der Waals surface area contributed by atoms with E-state index in [2.05, 4.69) is 31.8 Å². The zero-order valence-electron chi connectivity index (χ0n) is 17.4. The molecule has 4 aromatic rings. The van der Waals surface area contributed by atoms with E-state index in [0.717, 1.165) is 0 Å². The second-order valence-corrected chi connectivity index (χ2v) is 6.61. The fraction of sp³-hybridized carbons (Fsp3) is 0.0400. The maximum absolute atomic E-state index is 14.7. The molecule has 0 aliphatic carbocycles. The number of hydrogen-bond acceptors (Lipinski definition) is 5. The van der Waals surface area contributed by atoms with Crippen LogP contribution >= 0.6 is 0 Å². The average Bonchev–Trinajstić information content (AvgIpc) is 2.85. The Kier molecular flexibility index (Phi) is 6.45. The predicted octanol–water partition coefficient (Wildman–Crippen LogP) is 6.82. The molecule has 1 heterocycles. The first-order chi connectivity index (χ1) is 16.2. The highest BCUT2D eigenvalue weighted by molar-refractivity contribution is 5.83. The fourth-order valence-electron chi connectivity index (χ4n) is 2.85. The molecule has 0 saturated carbocycles. The van der Waals surface area contributed by atoms with Crippen molar-refractivity contribution in [1.82, 2.24) is 9.97 Å². The summed E-state index contributed by atoms with van der Waals surface area (Å²) in [6, 6.07) is 18.3. The number of hydrogen-bond donors (Lipinski definition) is 0. The Hall–Kier alpha value is -4.86. The lowest BCUT2D eigenvalue weighted by molar-refractivity contribution is 0.444. The summed E-state index contributed by atoms with van der Waals surface area (Å²) in [7, 11) is 0. The number of halogens is 1. The van der Waals surface area contributed by atoms with Gasteiger partial charge in [0.05, 0.1) is 11.8 Å². The smallest absolute Gasteiger partial charge is 0.254 e. The maximum atomic E-state index is 14.7. The molecule has 8 heteroatoms. The van der Waals surface area contributed by atoms with E-state index in [9.17, 15) is 4.39 Å². The Morgan fingerprint density at radius 3 is 2.52 bits per heavy atom. The molecule has 0 amide bonds. The highest BCUT2D eigenvalue weighted by atomic mass is 19.1. The normalized spacial score (nSPS) is 10.4. The molecule has 0 bridgehead atoms. The van der Waals surface area contributed by atoms with Crippen molar-refractivity contribution in [3.63, 3.8) is 0 Å². The average molecular weight is 437 g/mol. The topological polar surface area (TPSA) is 93.0 Å². The van der Waals surface area contributed by atoms with E-state index >= 15 is 0 Å². The number of fused-ring (bicyclic) bond motifs is 1. The van der Waals surface area contributed by atoms with Gasteiger partial charge < -0.3 is 9.47 Å². The van der Waals surface area contributed by atoms with E-state index in [1.165, 1.54) is 18.4 Å². The Morgan fingerprint density at radius 1 is 1.00 bits per heavy atom. The number of nitrogens with zero attached hydrogens (tertiary/aromatic N) is 5. The molecule has 0 spiro atoms. The molecule has 0 aliphatic heterocycles. The molecule has 4 rings (SSSR count). The molecule has 3 aromatic carbocycles. The third kappa shape index (κ3) is 5.07. The summed E-state index contributed by atoms with van der Waals surface area (Å²) in [5.41, 5.74) is 10.5. The zero-order chi connectivity index (χ0) is 23.0. The molecule has 160 valence electrons. The van der Waals surface area contributed by atoms with Crippen molar-refractivity contribution in [3.05, 3.63) is 107 Å². The highest BCUT2D eigenvalue weighted by Gasteiger charge is 2.16. The van der Waals surface area contributed by atoms with Gasteiger partial charge in [-0.05, 0) is 54.8 Å². The highest BCUT2D eigenvalue weighted by Crippen LogP contribution is 2.32. The molecule has 0 atom stereocenters. The van der Waals surface area contributed by atoms with Gasteiger partial charge in [0.1, 0.15) is 11.3 Å². The molecule has 0 radical (unpaired) electrons. The molecule has 0 saturated heterocycles. The van der Waals surface area contributed by atoms with Crippen LogP contribution in [-0.2, 0) is 0 Å². The van der Waals surface area contributed by atoms with Crippen LogP contribution < -0.4 is 9.47 Å². The number of benzene rings is 3.